The first-order chi connectivity index (χ1) is 13.4. The summed E-state index contributed by atoms with van der Waals surface area (Å²) in [6, 6.07) is 14.7. The highest BCUT2D eigenvalue weighted by Gasteiger charge is 2.22. The van der Waals surface area contributed by atoms with Crippen LogP contribution in [0.3, 0.4) is 0 Å². The quantitative estimate of drug-likeness (QED) is 0.563. The standard InChI is InChI=1S/C20H19N5OS/c1-2-5-14(6-3-1)19-20(25(13-22-19)11-18-21-12-23-24-18)17-9-8-16(27-17)15-7-4-10-26-15/h1-3,5-6,8-9,12-13,15H,4,7,10-11H2,(H,21,23,24)/t15-/m1/s1. The summed E-state index contributed by atoms with van der Waals surface area (Å²) < 4.78 is 8.00. The van der Waals surface area contributed by atoms with Crippen molar-refractivity contribution in [2.45, 2.75) is 25.5 Å². The van der Waals surface area contributed by atoms with Gasteiger partial charge in [-0.3, -0.25) is 5.10 Å². The maximum atomic E-state index is 5.86. The summed E-state index contributed by atoms with van der Waals surface area (Å²) in [5.41, 5.74) is 3.19. The van der Waals surface area contributed by atoms with Gasteiger partial charge in [-0.05, 0) is 25.0 Å². The van der Waals surface area contributed by atoms with Gasteiger partial charge in [0, 0.05) is 17.0 Å². The molecule has 1 saturated heterocycles. The van der Waals surface area contributed by atoms with Gasteiger partial charge in [-0.2, -0.15) is 5.10 Å². The van der Waals surface area contributed by atoms with Crippen LogP contribution in [0.1, 0.15) is 29.6 Å². The Kier molecular flexibility index (Phi) is 4.31. The van der Waals surface area contributed by atoms with Gasteiger partial charge in [0.1, 0.15) is 12.2 Å². The van der Waals surface area contributed by atoms with Gasteiger partial charge in [-0.15, -0.1) is 11.3 Å². The van der Waals surface area contributed by atoms with E-state index in [2.05, 4.69) is 44.0 Å². The van der Waals surface area contributed by atoms with Crippen LogP contribution in [-0.4, -0.2) is 31.3 Å². The predicted octanol–water partition coefficient (Wildman–Crippen LogP) is 4.30. The third-order valence-corrected chi connectivity index (χ3v) is 5.96. The molecular weight excluding hydrogens is 358 g/mol. The second-order valence-electron chi connectivity index (χ2n) is 6.57. The lowest BCUT2D eigenvalue weighted by Gasteiger charge is -2.08. The highest BCUT2D eigenvalue weighted by atomic mass is 32.1. The number of rotatable bonds is 5. The maximum absolute atomic E-state index is 5.86. The molecule has 3 aromatic heterocycles. The Bertz CT molecular complexity index is 1020. The van der Waals surface area contributed by atoms with E-state index in [-0.39, 0.29) is 6.10 Å². The monoisotopic (exact) mass is 377 g/mol. The van der Waals surface area contributed by atoms with Crippen LogP contribution in [0, 0.1) is 0 Å². The summed E-state index contributed by atoms with van der Waals surface area (Å²) in [4.78, 5) is 11.5. The van der Waals surface area contributed by atoms with Gasteiger partial charge in [0.15, 0.2) is 0 Å². The third kappa shape index (κ3) is 3.20. The summed E-state index contributed by atoms with van der Waals surface area (Å²) in [6.07, 6.45) is 5.88. The molecule has 0 aliphatic carbocycles. The topological polar surface area (TPSA) is 68.6 Å². The molecular formula is C20H19N5OS. The number of H-pyrrole nitrogens is 1. The second kappa shape index (κ2) is 7.09. The summed E-state index contributed by atoms with van der Waals surface area (Å²) in [5, 5.41) is 6.90. The van der Waals surface area contributed by atoms with Gasteiger partial charge in [-0.25, -0.2) is 9.97 Å². The lowest BCUT2D eigenvalue weighted by Crippen LogP contribution is -2.02. The summed E-state index contributed by atoms with van der Waals surface area (Å²) in [7, 11) is 0. The van der Waals surface area contributed by atoms with Crippen molar-refractivity contribution in [2.75, 3.05) is 6.61 Å². The average molecular weight is 377 g/mol. The SMILES string of the molecule is c1ccc(-c2ncn(Cc3ncn[nH]3)c2-c2ccc([C@H]3CCCO3)s2)cc1. The predicted molar refractivity (Wildman–Crippen MR) is 104 cm³/mol. The highest BCUT2D eigenvalue weighted by molar-refractivity contribution is 7.15. The minimum atomic E-state index is 0.231. The van der Waals surface area contributed by atoms with E-state index in [1.807, 2.05) is 24.5 Å². The number of nitrogens with zero attached hydrogens (tertiary/aromatic N) is 4. The molecule has 0 saturated carbocycles. The molecule has 0 spiro atoms. The van der Waals surface area contributed by atoms with E-state index in [1.165, 1.54) is 16.1 Å². The Hall–Kier alpha value is -2.77. The van der Waals surface area contributed by atoms with Crippen LogP contribution in [0.4, 0.5) is 0 Å². The molecule has 136 valence electrons. The molecule has 1 atom stereocenters. The fourth-order valence-electron chi connectivity index (χ4n) is 3.49. The number of ether oxygens (including phenoxy) is 1. The number of hydrogen-bond donors (Lipinski definition) is 1. The van der Waals surface area contributed by atoms with Gasteiger partial charge in [0.05, 0.1) is 35.2 Å². The van der Waals surface area contributed by atoms with Crippen LogP contribution in [0.25, 0.3) is 21.8 Å². The zero-order valence-electron chi connectivity index (χ0n) is 14.7. The van der Waals surface area contributed by atoms with E-state index in [1.54, 1.807) is 11.3 Å². The molecule has 5 rings (SSSR count). The van der Waals surface area contributed by atoms with Crippen molar-refractivity contribution >= 4 is 11.3 Å². The number of imidazole rings is 1. The molecule has 7 heteroatoms. The fraction of sp³-hybridized carbons (Fsp3) is 0.250. The smallest absolute Gasteiger partial charge is 0.144 e. The van der Waals surface area contributed by atoms with E-state index >= 15 is 0 Å². The van der Waals surface area contributed by atoms with Crippen molar-refractivity contribution in [1.29, 1.82) is 0 Å². The molecule has 1 fully saturated rings. The molecule has 1 aromatic carbocycles. The van der Waals surface area contributed by atoms with Crippen LogP contribution in [0.15, 0.2) is 55.1 Å². The van der Waals surface area contributed by atoms with Crippen LogP contribution < -0.4 is 0 Å². The molecule has 1 aliphatic heterocycles. The Morgan fingerprint density at radius 3 is 2.85 bits per heavy atom. The van der Waals surface area contributed by atoms with Crippen molar-refractivity contribution in [2.24, 2.45) is 0 Å². The summed E-state index contributed by atoms with van der Waals surface area (Å²) in [6.45, 7) is 1.46. The minimum absolute atomic E-state index is 0.231. The Labute approximate surface area is 160 Å². The Morgan fingerprint density at radius 1 is 1.15 bits per heavy atom. The van der Waals surface area contributed by atoms with Crippen molar-refractivity contribution < 1.29 is 4.74 Å². The maximum Gasteiger partial charge on any atom is 0.144 e. The summed E-state index contributed by atoms with van der Waals surface area (Å²) >= 11 is 1.79. The number of thiophene rings is 1. The minimum Gasteiger partial charge on any atom is -0.373 e. The molecule has 6 nitrogen and oxygen atoms in total. The molecule has 0 bridgehead atoms. The fourth-order valence-corrected chi connectivity index (χ4v) is 4.65. The van der Waals surface area contributed by atoms with Crippen molar-refractivity contribution in [1.82, 2.24) is 24.7 Å². The van der Waals surface area contributed by atoms with Crippen molar-refractivity contribution in [3.05, 3.63) is 65.8 Å². The molecule has 27 heavy (non-hydrogen) atoms. The number of benzene rings is 1. The van der Waals surface area contributed by atoms with E-state index in [9.17, 15) is 0 Å². The number of aromatic nitrogens is 5. The van der Waals surface area contributed by atoms with E-state index in [4.69, 9.17) is 9.72 Å². The molecule has 1 N–H and O–H groups in total. The van der Waals surface area contributed by atoms with Crippen LogP contribution in [0.2, 0.25) is 0 Å². The zero-order valence-corrected chi connectivity index (χ0v) is 15.5. The number of nitrogens with one attached hydrogen (secondary N) is 1. The first-order valence-corrected chi connectivity index (χ1v) is 9.86. The van der Waals surface area contributed by atoms with Crippen molar-refractivity contribution in [3.8, 4) is 21.8 Å². The van der Waals surface area contributed by atoms with Gasteiger partial charge < -0.3 is 9.30 Å². The lowest BCUT2D eigenvalue weighted by atomic mass is 10.1. The molecule has 4 aromatic rings. The normalized spacial score (nSPS) is 16.8. The number of aromatic amines is 1. The molecule has 1 aliphatic rings. The van der Waals surface area contributed by atoms with Gasteiger partial charge >= 0.3 is 0 Å². The largest absolute Gasteiger partial charge is 0.373 e. The first-order valence-electron chi connectivity index (χ1n) is 9.05. The Morgan fingerprint density at radius 2 is 2.07 bits per heavy atom. The molecule has 0 radical (unpaired) electrons. The molecule has 0 unspecified atom stereocenters. The molecule has 0 amide bonds. The van der Waals surface area contributed by atoms with Crippen LogP contribution in [0.5, 0.6) is 0 Å². The average Bonchev–Trinajstić information content (AvgIpc) is 3.48. The van der Waals surface area contributed by atoms with E-state index < -0.39 is 0 Å². The first kappa shape index (κ1) is 16.4. The van der Waals surface area contributed by atoms with Crippen molar-refractivity contribution in [3.63, 3.8) is 0 Å². The zero-order chi connectivity index (χ0) is 18.1. The van der Waals surface area contributed by atoms with E-state index in [0.717, 1.165) is 42.2 Å². The number of hydrogen-bond acceptors (Lipinski definition) is 5. The van der Waals surface area contributed by atoms with Crippen LogP contribution in [-0.2, 0) is 11.3 Å². The van der Waals surface area contributed by atoms with Gasteiger partial charge in [0.2, 0.25) is 0 Å². The Balaban J connectivity index is 1.58. The lowest BCUT2D eigenvalue weighted by molar-refractivity contribution is 0.114. The summed E-state index contributed by atoms with van der Waals surface area (Å²) in [5.74, 6) is 0.809. The van der Waals surface area contributed by atoms with Gasteiger partial charge in [0.25, 0.3) is 0 Å². The van der Waals surface area contributed by atoms with Crippen LogP contribution >= 0.6 is 11.3 Å². The third-order valence-electron chi connectivity index (χ3n) is 4.78. The van der Waals surface area contributed by atoms with Gasteiger partial charge in [-0.1, -0.05) is 30.3 Å². The van der Waals surface area contributed by atoms with E-state index in [0.29, 0.717) is 6.54 Å². The highest BCUT2D eigenvalue weighted by Crippen LogP contribution is 2.40. The second-order valence-corrected chi connectivity index (χ2v) is 7.69. The molecule has 4 heterocycles.